The van der Waals surface area contributed by atoms with Crippen molar-refractivity contribution in [3.05, 3.63) is 54.1 Å². The van der Waals surface area contributed by atoms with Crippen LogP contribution in [0.3, 0.4) is 0 Å². The molecular formula is C27H37N3O5. The molecule has 1 aliphatic rings. The summed E-state index contributed by atoms with van der Waals surface area (Å²) in [5.74, 6) is 1.61. The summed E-state index contributed by atoms with van der Waals surface area (Å²) >= 11 is 0. The minimum Gasteiger partial charge on any atom is -0.497 e. The summed E-state index contributed by atoms with van der Waals surface area (Å²) in [7, 11) is 1.64. The Bertz CT molecular complexity index is 964. The number of methoxy groups -OCH3 is 1. The zero-order valence-corrected chi connectivity index (χ0v) is 21.2. The molecule has 1 N–H and O–H groups in total. The van der Waals surface area contributed by atoms with Gasteiger partial charge in [0.2, 0.25) is 0 Å². The molecule has 3 amide bonds. The van der Waals surface area contributed by atoms with E-state index in [1.54, 1.807) is 16.9 Å². The van der Waals surface area contributed by atoms with E-state index in [1.165, 1.54) is 5.56 Å². The van der Waals surface area contributed by atoms with Gasteiger partial charge in [-0.2, -0.15) is 0 Å². The van der Waals surface area contributed by atoms with Crippen LogP contribution >= 0.6 is 0 Å². The summed E-state index contributed by atoms with van der Waals surface area (Å²) in [6.45, 7) is 8.06. The zero-order chi connectivity index (χ0) is 25.3. The van der Waals surface area contributed by atoms with Gasteiger partial charge in [-0.3, -0.25) is 0 Å². The van der Waals surface area contributed by atoms with Crippen LogP contribution < -0.4 is 14.8 Å². The number of amides is 3. The van der Waals surface area contributed by atoms with Crippen LogP contribution in [0.5, 0.6) is 11.5 Å². The van der Waals surface area contributed by atoms with E-state index in [1.807, 2.05) is 69.3 Å². The van der Waals surface area contributed by atoms with Crippen molar-refractivity contribution in [2.45, 2.75) is 45.6 Å². The van der Waals surface area contributed by atoms with E-state index in [0.717, 1.165) is 36.4 Å². The normalized spacial score (nSPS) is 13.8. The molecule has 190 valence electrons. The van der Waals surface area contributed by atoms with Crippen LogP contribution in [0.15, 0.2) is 48.5 Å². The molecule has 8 nitrogen and oxygen atoms in total. The first-order chi connectivity index (χ1) is 16.7. The Balaban J connectivity index is 1.34. The van der Waals surface area contributed by atoms with Crippen molar-refractivity contribution in [1.29, 1.82) is 0 Å². The maximum atomic E-state index is 12.6. The van der Waals surface area contributed by atoms with Crippen LogP contribution in [-0.4, -0.2) is 67.4 Å². The maximum absolute atomic E-state index is 12.6. The van der Waals surface area contributed by atoms with Gasteiger partial charge in [0.15, 0.2) is 0 Å². The Morgan fingerprint density at radius 3 is 2.23 bits per heavy atom. The van der Waals surface area contributed by atoms with Crippen LogP contribution in [0.1, 0.15) is 39.2 Å². The van der Waals surface area contributed by atoms with E-state index in [4.69, 9.17) is 14.2 Å². The largest absolute Gasteiger partial charge is 0.497 e. The molecule has 3 rings (SSSR count). The Morgan fingerprint density at radius 1 is 0.914 bits per heavy atom. The van der Waals surface area contributed by atoms with Crippen molar-refractivity contribution in [3.8, 4) is 11.5 Å². The first kappa shape index (κ1) is 26.2. The van der Waals surface area contributed by atoms with E-state index in [9.17, 15) is 9.59 Å². The molecule has 1 fully saturated rings. The first-order valence-electron chi connectivity index (χ1n) is 12.1. The summed E-state index contributed by atoms with van der Waals surface area (Å²) in [5.41, 5.74) is 1.45. The van der Waals surface area contributed by atoms with E-state index in [-0.39, 0.29) is 12.1 Å². The molecule has 0 aliphatic carbocycles. The highest BCUT2D eigenvalue weighted by molar-refractivity contribution is 5.89. The summed E-state index contributed by atoms with van der Waals surface area (Å²) in [6, 6.07) is 15.4. The molecule has 2 aromatic rings. The number of ether oxygens (including phenoxy) is 3. The molecule has 0 radical (unpaired) electrons. The number of carbonyl (C=O) groups is 2. The minimum absolute atomic E-state index is 0.156. The van der Waals surface area contributed by atoms with Crippen LogP contribution in [0.4, 0.5) is 15.3 Å². The molecule has 1 heterocycles. The molecule has 8 heteroatoms. The average molecular weight is 484 g/mol. The SMILES string of the molecule is COc1cccc(OCCCCc2ccc(NC(=O)N3CCN(C(=O)OC(C)(C)C)CC3)cc2)c1. The fourth-order valence-corrected chi connectivity index (χ4v) is 3.69. The topological polar surface area (TPSA) is 80.3 Å². The highest BCUT2D eigenvalue weighted by atomic mass is 16.6. The van der Waals surface area contributed by atoms with Crippen molar-refractivity contribution in [2.24, 2.45) is 0 Å². The quantitative estimate of drug-likeness (QED) is 0.523. The van der Waals surface area contributed by atoms with Crippen molar-refractivity contribution in [2.75, 3.05) is 45.2 Å². The number of anilines is 1. The number of hydrogen-bond acceptors (Lipinski definition) is 5. The van der Waals surface area contributed by atoms with Gasteiger partial charge in [-0.25, -0.2) is 9.59 Å². The summed E-state index contributed by atoms with van der Waals surface area (Å²) in [6.07, 6.45) is 2.57. The lowest BCUT2D eigenvalue weighted by atomic mass is 10.1. The number of nitrogens with one attached hydrogen (secondary N) is 1. The van der Waals surface area contributed by atoms with Gasteiger partial charge in [-0.05, 0) is 69.9 Å². The lowest BCUT2D eigenvalue weighted by Gasteiger charge is -2.35. The van der Waals surface area contributed by atoms with E-state index < -0.39 is 5.60 Å². The number of unbranched alkanes of at least 4 members (excludes halogenated alkanes) is 1. The Labute approximate surface area is 208 Å². The predicted octanol–water partition coefficient (Wildman–Crippen LogP) is 5.18. The van der Waals surface area contributed by atoms with Gasteiger partial charge in [0.05, 0.1) is 13.7 Å². The van der Waals surface area contributed by atoms with Gasteiger partial charge < -0.3 is 29.3 Å². The van der Waals surface area contributed by atoms with Gasteiger partial charge in [-0.15, -0.1) is 0 Å². The first-order valence-corrected chi connectivity index (χ1v) is 12.1. The lowest BCUT2D eigenvalue weighted by Crippen LogP contribution is -2.52. The minimum atomic E-state index is -0.525. The van der Waals surface area contributed by atoms with E-state index >= 15 is 0 Å². The number of rotatable bonds is 8. The Kier molecular flexibility index (Phi) is 9.23. The zero-order valence-electron chi connectivity index (χ0n) is 21.2. The third-order valence-corrected chi connectivity index (χ3v) is 5.59. The molecule has 0 unspecified atom stereocenters. The van der Waals surface area contributed by atoms with Gasteiger partial charge in [-0.1, -0.05) is 18.2 Å². The standard InChI is InChI=1S/C27H37N3O5/c1-27(2,3)35-26(32)30-17-15-29(16-18-30)25(31)28-22-13-11-21(12-14-22)8-5-6-19-34-24-10-7-9-23(20-24)33-4/h7,9-14,20H,5-6,8,15-19H2,1-4H3,(H,28,31). The number of aryl methyl sites for hydroxylation is 1. The summed E-state index contributed by atoms with van der Waals surface area (Å²) in [4.78, 5) is 28.2. The predicted molar refractivity (Wildman–Crippen MR) is 136 cm³/mol. The summed E-state index contributed by atoms with van der Waals surface area (Å²) in [5, 5.41) is 2.95. The fraction of sp³-hybridized carbons (Fsp3) is 0.481. The number of urea groups is 1. The van der Waals surface area contributed by atoms with Crippen LogP contribution in [0.2, 0.25) is 0 Å². The van der Waals surface area contributed by atoms with Gasteiger partial charge in [0.25, 0.3) is 0 Å². The lowest BCUT2D eigenvalue weighted by molar-refractivity contribution is 0.0174. The van der Waals surface area contributed by atoms with Crippen LogP contribution in [0, 0.1) is 0 Å². The molecule has 35 heavy (non-hydrogen) atoms. The number of benzene rings is 2. The monoisotopic (exact) mass is 483 g/mol. The highest BCUT2D eigenvalue weighted by Gasteiger charge is 2.27. The smallest absolute Gasteiger partial charge is 0.410 e. The van der Waals surface area contributed by atoms with E-state index in [0.29, 0.717) is 32.8 Å². The number of carbonyl (C=O) groups excluding carboxylic acids is 2. The molecule has 0 bridgehead atoms. The molecular weight excluding hydrogens is 446 g/mol. The van der Waals surface area contributed by atoms with Crippen molar-refractivity contribution >= 4 is 17.8 Å². The molecule has 1 aliphatic heterocycles. The van der Waals surface area contributed by atoms with E-state index in [2.05, 4.69) is 5.32 Å². The third kappa shape index (κ3) is 8.70. The third-order valence-electron chi connectivity index (χ3n) is 5.59. The average Bonchev–Trinajstić information content (AvgIpc) is 2.84. The number of nitrogens with zero attached hydrogens (tertiary/aromatic N) is 2. The van der Waals surface area contributed by atoms with Crippen molar-refractivity contribution in [3.63, 3.8) is 0 Å². The fourth-order valence-electron chi connectivity index (χ4n) is 3.69. The number of piperazine rings is 1. The molecule has 0 aromatic heterocycles. The molecule has 2 aromatic carbocycles. The second-order valence-corrected chi connectivity index (χ2v) is 9.57. The van der Waals surface area contributed by atoms with Crippen molar-refractivity contribution in [1.82, 2.24) is 9.80 Å². The Hall–Kier alpha value is -3.42. The molecule has 0 saturated carbocycles. The number of hydrogen-bond donors (Lipinski definition) is 1. The Morgan fingerprint density at radius 2 is 1.57 bits per heavy atom. The molecule has 1 saturated heterocycles. The van der Waals surface area contributed by atoms with Gasteiger partial charge >= 0.3 is 12.1 Å². The molecule has 0 spiro atoms. The van der Waals surface area contributed by atoms with Crippen LogP contribution in [-0.2, 0) is 11.2 Å². The van der Waals surface area contributed by atoms with Gasteiger partial charge in [0.1, 0.15) is 17.1 Å². The second-order valence-electron chi connectivity index (χ2n) is 9.57. The maximum Gasteiger partial charge on any atom is 0.410 e. The van der Waals surface area contributed by atoms with Crippen LogP contribution in [0.25, 0.3) is 0 Å². The second kappa shape index (κ2) is 12.3. The van der Waals surface area contributed by atoms with Crippen molar-refractivity contribution < 1.29 is 23.8 Å². The highest BCUT2D eigenvalue weighted by Crippen LogP contribution is 2.19. The van der Waals surface area contributed by atoms with Gasteiger partial charge in [0, 0.05) is 37.9 Å². The molecule has 0 atom stereocenters. The summed E-state index contributed by atoms with van der Waals surface area (Å²) < 4.78 is 16.4.